The number of halogens is 3. The van der Waals surface area contributed by atoms with Crippen molar-refractivity contribution in [3.05, 3.63) is 0 Å². The van der Waals surface area contributed by atoms with Crippen LogP contribution >= 0.6 is 0 Å². The minimum atomic E-state index is -4.50. The highest BCUT2D eigenvalue weighted by atomic mass is 19.4. The van der Waals surface area contributed by atoms with Crippen molar-refractivity contribution in [3.63, 3.8) is 0 Å². The predicted octanol–water partition coefficient (Wildman–Crippen LogP) is 0.960. The van der Waals surface area contributed by atoms with Gasteiger partial charge in [0.15, 0.2) is 0 Å². The maximum absolute atomic E-state index is 11.9. The number of carbonyl (C=O) groups is 2. The van der Waals surface area contributed by atoms with Crippen molar-refractivity contribution in [1.82, 2.24) is 4.90 Å². The highest BCUT2D eigenvalue weighted by Crippen LogP contribution is 2.24. The summed E-state index contributed by atoms with van der Waals surface area (Å²) < 4.78 is 40.3. The van der Waals surface area contributed by atoms with Gasteiger partial charge in [-0.15, -0.1) is 0 Å². The van der Waals surface area contributed by atoms with E-state index in [4.69, 9.17) is 0 Å². The molecule has 1 unspecified atom stereocenters. The number of amides is 1. The van der Waals surface area contributed by atoms with Crippen LogP contribution in [0.25, 0.3) is 0 Å². The van der Waals surface area contributed by atoms with Crippen molar-refractivity contribution in [2.24, 2.45) is 5.92 Å². The first-order valence-electron chi connectivity index (χ1n) is 4.76. The summed E-state index contributed by atoms with van der Waals surface area (Å²) in [6, 6.07) is 0. The molecule has 0 bridgehead atoms. The van der Waals surface area contributed by atoms with Gasteiger partial charge in [-0.25, -0.2) is 0 Å². The fourth-order valence-corrected chi connectivity index (χ4v) is 1.63. The molecule has 1 atom stereocenters. The minimum Gasteiger partial charge on any atom is -0.469 e. The topological polar surface area (TPSA) is 46.6 Å². The number of esters is 1. The van der Waals surface area contributed by atoms with Crippen LogP contribution in [-0.4, -0.2) is 43.2 Å². The van der Waals surface area contributed by atoms with Gasteiger partial charge >= 0.3 is 12.1 Å². The smallest absolute Gasteiger partial charge is 0.397 e. The number of alkyl halides is 3. The van der Waals surface area contributed by atoms with Crippen molar-refractivity contribution in [1.29, 1.82) is 0 Å². The monoisotopic (exact) mass is 239 g/mol. The lowest BCUT2D eigenvalue weighted by molar-refractivity contribution is -0.160. The number of nitrogens with zero attached hydrogens (tertiary/aromatic N) is 1. The van der Waals surface area contributed by atoms with E-state index in [0.717, 1.165) is 4.90 Å². The fourth-order valence-electron chi connectivity index (χ4n) is 1.63. The van der Waals surface area contributed by atoms with E-state index in [1.807, 2.05) is 0 Å². The summed E-state index contributed by atoms with van der Waals surface area (Å²) in [6.07, 6.45) is -5.61. The number of rotatable bonds is 2. The van der Waals surface area contributed by atoms with Gasteiger partial charge in [-0.05, 0) is 6.42 Å². The van der Waals surface area contributed by atoms with Crippen LogP contribution in [0.1, 0.15) is 12.8 Å². The molecule has 0 aromatic heterocycles. The molecule has 7 heteroatoms. The van der Waals surface area contributed by atoms with E-state index in [1.165, 1.54) is 7.11 Å². The normalized spacial score (nSPS) is 21.0. The van der Waals surface area contributed by atoms with Crippen molar-refractivity contribution in [2.75, 3.05) is 20.2 Å². The van der Waals surface area contributed by atoms with Crippen molar-refractivity contribution >= 4 is 11.9 Å². The molecule has 1 fully saturated rings. The SMILES string of the molecule is COC(=O)C1CCN(C(=O)CC(F)(F)F)C1. The second-order valence-corrected chi connectivity index (χ2v) is 3.64. The van der Waals surface area contributed by atoms with Crippen LogP contribution in [0.5, 0.6) is 0 Å². The van der Waals surface area contributed by atoms with Crippen molar-refractivity contribution in [3.8, 4) is 0 Å². The Kier molecular flexibility index (Phi) is 3.77. The lowest BCUT2D eigenvalue weighted by atomic mass is 10.1. The third kappa shape index (κ3) is 3.39. The summed E-state index contributed by atoms with van der Waals surface area (Å²) in [5.41, 5.74) is 0. The zero-order chi connectivity index (χ0) is 12.3. The molecule has 0 N–H and O–H groups in total. The van der Waals surface area contributed by atoms with Crippen molar-refractivity contribution < 1.29 is 27.5 Å². The molecule has 16 heavy (non-hydrogen) atoms. The van der Waals surface area contributed by atoms with E-state index in [-0.39, 0.29) is 13.1 Å². The molecule has 0 aromatic carbocycles. The Morgan fingerprint density at radius 2 is 2.06 bits per heavy atom. The first kappa shape index (κ1) is 12.8. The zero-order valence-corrected chi connectivity index (χ0v) is 8.71. The summed E-state index contributed by atoms with van der Waals surface area (Å²) in [7, 11) is 1.21. The minimum absolute atomic E-state index is 0.0155. The largest absolute Gasteiger partial charge is 0.469 e. The van der Waals surface area contributed by atoms with Gasteiger partial charge in [0.2, 0.25) is 5.91 Å². The third-order valence-corrected chi connectivity index (χ3v) is 2.43. The number of likely N-dealkylation sites (tertiary alicyclic amines) is 1. The van der Waals surface area contributed by atoms with Crippen LogP contribution in [-0.2, 0) is 14.3 Å². The van der Waals surface area contributed by atoms with E-state index < -0.39 is 30.4 Å². The Morgan fingerprint density at radius 1 is 1.44 bits per heavy atom. The summed E-state index contributed by atoms with van der Waals surface area (Å²) in [6.45, 7) is 0.191. The number of hydrogen-bond donors (Lipinski definition) is 0. The number of methoxy groups -OCH3 is 1. The second kappa shape index (κ2) is 4.71. The molecule has 1 aliphatic rings. The van der Waals surface area contributed by atoms with Crippen LogP contribution in [0.4, 0.5) is 13.2 Å². The lowest BCUT2D eigenvalue weighted by Gasteiger charge is -2.16. The van der Waals surface area contributed by atoms with E-state index in [2.05, 4.69) is 4.74 Å². The first-order chi connectivity index (χ1) is 7.33. The summed E-state index contributed by atoms with van der Waals surface area (Å²) in [4.78, 5) is 23.3. The molecule has 1 heterocycles. The first-order valence-corrected chi connectivity index (χ1v) is 4.76. The summed E-state index contributed by atoms with van der Waals surface area (Å²) >= 11 is 0. The summed E-state index contributed by atoms with van der Waals surface area (Å²) in [5, 5.41) is 0. The Bertz CT molecular complexity index is 290. The average molecular weight is 239 g/mol. The van der Waals surface area contributed by atoms with E-state index in [1.54, 1.807) is 0 Å². The Morgan fingerprint density at radius 3 is 2.56 bits per heavy atom. The van der Waals surface area contributed by atoms with Gasteiger partial charge in [-0.3, -0.25) is 9.59 Å². The maximum atomic E-state index is 11.9. The van der Waals surface area contributed by atoms with E-state index in [9.17, 15) is 22.8 Å². The number of hydrogen-bond acceptors (Lipinski definition) is 3. The zero-order valence-electron chi connectivity index (χ0n) is 8.71. The number of carbonyl (C=O) groups excluding carboxylic acids is 2. The van der Waals surface area contributed by atoms with Gasteiger partial charge in [-0.2, -0.15) is 13.2 Å². The van der Waals surface area contributed by atoms with Crippen LogP contribution < -0.4 is 0 Å². The molecule has 1 aliphatic heterocycles. The number of ether oxygens (including phenoxy) is 1. The molecular formula is C9H12F3NO3. The molecule has 0 radical (unpaired) electrons. The van der Waals surface area contributed by atoms with Gasteiger partial charge in [0.25, 0.3) is 0 Å². The fraction of sp³-hybridized carbons (Fsp3) is 0.778. The molecule has 1 saturated heterocycles. The molecule has 1 amide bonds. The van der Waals surface area contributed by atoms with Gasteiger partial charge in [0.05, 0.1) is 13.0 Å². The van der Waals surface area contributed by atoms with Gasteiger partial charge in [0.1, 0.15) is 6.42 Å². The van der Waals surface area contributed by atoms with Crippen LogP contribution in [0.15, 0.2) is 0 Å². The van der Waals surface area contributed by atoms with Crippen molar-refractivity contribution in [2.45, 2.75) is 19.0 Å². The standard InChI is InChI=1S/C9H12F3NO3/c1-16-8(15)6-2-3-13(5-6)7(14)4-9(10,11)12/h6H,2-5H2,1H3. The Balaban J connectivity index is 2.47. The van der Waals surface area contributed by atoms with E-state index >= 15 is 0 Å². The molecule has 0 spiro atoms. The highest BCUT2D eigenvalue weighted by Gasteiger charge is 2.37. The average Bonchev–Trinajstić information content (AvgIpc) is 2.62. The van der Waals surface area contributed by atoms with Crippen LogP contribution in [0, 0.1) is 5.92 Å². The van der Waals surface area contributed by atoms with Gasteiger partial charge in [0, 0.05) is 13.1 Å². The molecule has 0 aromatic rings. The van der Waals surface area contributed by atoms with Crippen LogP contribution in [0.2, 0.25) is 0 Å². The van der Waals surface area contributed by atoms with Crippen LogP contribution in [0.3, 0.4) is 0 Å². The molecule has 4 nitrogen and oxygen atoms in total. The molecule has 0 saturated carbocycles. The molecule has 1 rings (SSSR count). The Labute approximate surface area is 90.3 Å². The third-order valence-electron chi connectivity index (χ3n) is 2.43. The maximum Gasteiger partial charge on any atom is 0.397 e. The quantitative estimate of drug-likeness (QED) is 0.674. The predicted molar refractivity (Wildman–Crippen MR) is 47.4 cm³/mol. The van der Waals surface area contributed by atoms with Gasteiger partial charge in [-0.1, -0.05) is 0 Å². The molecular weight excluding hydrogens is 227 g/mol. The lowest BCUT2D eigenvalue weighted by Crippen LogP contribution is -2.33. The highest BCUT2D eigenvalue weighted by molar-refractivity contribution is 5.79. The Hall–Kier alpha value is -1.27. The van der Waals surface area contributed by atoms with Gasteiger partial charge < -0.3 is 9.64 Å². The molecule has 0 aliphatic carbocycles. The summed E-state index contributed by atoms with van der Waals surface area (Å²) in [5.74, 6) is -1.97. The second-order valence-electron chi connectivity index (χ2n) is 3.64. The molecule has 92 valence electrons. The van der Waals surface area contributed by atoms with E-state index in [0.29, 0.717) is 6.42 Å².